The van der Waals surface area contributed by atoms with Crippen LogP contribution in [0, 0.1) is 27.7 Å². The number of nitrogen functional groups attached to an aromatic ring is 1. The summed E-state index contributed by atoms with van der Waals surface area (Å²) in [5, 5.41) is 1.18. The Labute approximate surface area is 282 Å². The molecule has 2 aromatic heterocycles. The maximum absolute atomic E-state index is 12.7. The summed E-state index contributed by atoms with van der Waals surface area (Å²) >= 11 is 25.1. The molecular weight excluding hydrogens is 663 g/mol. The van der Waals surface area contributed by atoms with Gasteiger partial charge in [0.2, 0.25) is 0 Å². The Balaban J connectivity index is 0.000000375. The smallest absolute Gasteiger partial charge is 0.420 e. The van der Waals surface area contributed by atoms with Crippen LogP contribution < -0.4 is 10.6 Å². The molecule has 0 atom stereocenters. The summed E-state index contributed by atoms with van der Waals surface area (Å²) in [6, 6.07) is 22.2. The van der Waals surface area contributed by atoms with Crippen molar-refractivity contribution in [2.45, 2.75) is 54.1 Å². The molecule has 0 radical (unpaired) electrons. The fourth-order valence-corrected chi connectivity index (χ4v) is 4.16. The molecule has 43 heavy (non-hydrogen) atoms. The Hall–Kier alpha value is -2.66. The zero-order valence-electron chi connectivity index (χ0n) is 25.0. The first-order valence-corrected chi connectivity index (χ1v) is 16.6. The summed E-state index contributed by atoms with van der Waals surface area (Å²) in [7, 11) is 0.917. The minimum absolute atomic E-state index is 0.320. The number of hydrogen-bond donors (Lipinski definition) is 1. The van der Waals surface area contributed by atoms with Crippen LogP contribution in [-0.4, -0.2) is 21.7 Å². The van der Waals surface area contributed by atoms with Crippen LogP contribution in [0.4, 0.5) is 22.0 Å². The molecule has 4 aromatic rings. The first-order valence-electron chi connectivity index (χ1n) is 12.8. The lowest BCUT2D eigenvalue weighted by Crippen LogP contribution is -2.34. The van der Waals surface area contributed by atoms with E-state index < -0.39 is 11.7 Å². The third kappa shape index (κ3) is 16.1. The first kappa shape index (κ1) is 38.4. The topological polar surface area (TPSA) is 81.3 Å². The van der Waals surface area contributed by atoms with Gasteiger partial charge in [-0.2, -0.15) is 0 Å². The Bertz CT molecular complexity index is 1460. The average Bonchev–Trinajstić information content (AvgIpc) is 2.83. The van der Waals surface area contributed by atoms with Crippen LogP contribution in [0.15, 0.2) is 72.8 Å². The lowest BCUT2D eigenvalue weighted by molar-refractivity contribution is 0.0598. The zero-order valence-corrected chi connectivity index (χ0v) is 29.7. The van der Waals surface area contributed by atoms with Crippen molar-refractivity contribution in [2.75, 3.05) is 10.6 Å². The van der Waals surface area contributed by atoms with Gasteiger partial charge >= 0.3 is 6.09 Å². The minimum Gasteiger partial charge on any atom is -0.443 e. The zero-order chi connectivity index (χ0) is 32.7. The molecule has 0 saturated carbocycles. The van der Waals surface area contributed by atoms with E-state index >= 15 is 0 Å². The quantitative estimate of drug-likeness (QED) is 0.165. The van der Waals surface area contributed by atoms with Crippen molar-refractivity contribution in [3.05, 3.63) is 111 Å². The van der Waals surface area contributed by atoms with Gasteiger partial charge in [-0.15, -0.1) is 0 Å². The van der Waals surface area contributed by atoms with Crippen molar-refractivity contribution >= 4 is 89.3 Å². The molecule has 1 amide bonds. The number of ether oxygens (including phenoxy) is 1. The maximum Gasteiger partial charge on any atom is 0.420 e. The fourth-order valence-electron chi connectivity index (χ4n) is 3.63. The number of aryl methyl sites for hydroxylation is 4. The molecule has 0 bridgehead atoms. The Morgan fingerprint density at radius 3 is 1.51 bits per heavy atom. The van der Waals surface area contributed by atoms with E-state index in [4.69, 9.17) is 45.3 Å². The average molecular weight is 698 g/mol. The first-order chi connectivity index (χ1) is 20.0. The van der Waals surface area contributed by atoms with Crippen LogP contribution in [0.5, 0.6) is 0 Å². The molecule has 0 aliphatic carbocycles. The fraction of sp³-hybridized carbons (Fsp3) is 0.258. The number of carbonyl (C=O) groups is 1. The number of amides is 1. The van der Waals surface area contributed by atoms with E-state index in [1.54, 1.807) is 36.4 Å². The summed E-state index contributed by atoms with van der Waals surface area (Å²) in [6.07, 6.45) is -0.489. The minimum atomic E-state index is -0.604. The van der Waals surface area contributed by atoms with Crippen molar-refractivity contribution in [2.24, 2.45) is 0 Å². The highest BCUT2D eigenvalue weighted by Crippen LogP contribution is 2.29. The molecule has 2 N–H and O–H groups in total. The van der Waals surface area contributed by atoms with E-state index in [1.807, 2.05) is 78.8 Å². The van der Waals surface area contributed by atoms with E-state index in [0.29, 0.717) is 27.0 Å². The predicted octanol–water partition coefficient (Wildman–Crippen LogP) is 9.69. The number of benzene rings is 2. The number of nitrogens with two attached hydrogens (primary N) is 1. The summed E-state index contributed by atoms with van der Waals surface area (Å²) < 4.78 is 5.53. The van der Waals surface area contributed by atoms with E-state index in [-0.39, 0.29) is 0 Å². The second-order valence-corrected chi connectivity index (χ2v) is 13.2. The molecule has 0 spiro atoms. The number of aromatic nitrogens is 2. The van der Waals surface area contributed by atoms with E-state index in [0.717, 1.165) is 25.7 Å². The van der Waals surface area contributed by atoms with Crippen LogP contribution >= 0.6 is 34.8 Å². The van der Waals surface area contributed by atoms with Gasteiger partial charge in [-0.3, -0.25) is 0 Å². The standard InChI is InChI=1S/C18H21ClN2O2.C8H11N.C5H3Cl2N.S3/c1-12-9-13(2)11-14(10-12)21(17(22)23-18(3,4)5)16-8-6-7-15(19)20-16;1-6-3-7(2)5-8(9)4-6;6-4-2-1-3-5(7)8-4;1-3-2/h6-11H,1-5H3;3-5H,9H2,1-2H3;1-3H;. The molecule has 2 aromatic carbocycles. The highest BCUT2D eigenvalue weighted by atomic mass is 35.5. The number of pyridine rings is 2. The van der Waals surface area contributed by atoms with Crippen LogP contribution in [0.1, 0.15) is 43.0 Å². The number of hydrogen-bond acceptors (Lipinski definition) is 7. The number of rotatable bonds is 2. The SMILES string of the molecule is Cc1cc(C)cc(N(C(=O)OC(C)(C)C)c2cccc(Cl)n2)c1.Cc1cc(C)cc(N)c1.Clc1cccc(Cl)n1.S=S=S. The maximum atomic E-state index is 12.7. The second-order valence-electron chi connectivity index (χ2n) is 10.3. The van der Waals surface area contributed by atoms with E-state index in [2.05, 4.69) is 38.4 Å². The monoisotopic (exact) mass is 696 g/mol. The molecular formula is C31H35Cl3N4O2S3. The second kappa shape index (κ2) is 18.9. The Kier molecular flexibility index (Phi) is 16.8. The van der Waals surface area contributed by atoms with E-state index in [1.165, 1.54) is 16.0 Å². The van der Waals surface area contributed by atoms with Gasteiger partial charge in [-0.25, -0.2) is 19.7 Å². The molecule has 6 nitrogen and oxygen atoms in total. The molecule has 0 aliphatic rings. The van der Waals surface area contributed by atoms with Crippen molar-refractivity contribution in [1.82, 2.24) is 9.97 Å². The predicted molar refractivity (Wildman–Crippen MR) is 190 cm³/mol. The van der Waals surface area contributed by atoms with Crippen LogP contribution in [0.2, 0.25) is 15.5 Å². The summed E-state index contributed by atoms with van der Waals surface area (Å²) in [5.41, 5.74) is 11.1. The van der Waals surface area contributed by atoms with Gasteiger partial charge in [0.15, 0.2) is 0 Å². The summed E-state index contributed by atoms with van der Waals surface area (Å²) in [5.74, 6) is 0.428. The lowest BCUT2D eigenvalue weighted by Gasteiger charge is -2.27. The summed E-state index contributed by atoms with van der Waals surface area (Å²) in [4.78, 5) is 22.1. The Morgan fingerprint density at radius 1 is 0.767 bits per heavy atom. The third-order valence-electron chi connectivity index (χ3n) is 4.90. The lowest BCUT2D eigenvalue weighted by atomic mass is 10.1. The summed E-state index contributed by atoms with van der Waals surface area (Å²) in [6.45, 7) is 13.5. The molecule has 12 heteroatoms. The molecule has 230 valence electrons. The van der Waals surface area contributed by atoms with Crippen LogP contribution in [-0.2, 0) is 36.0 Å². The van der Waals surface area contributed by atoms with Crippen LogP contribution in [0.3, 0.4) is 0 Å². The van der Waals surface area contributed by atoms with Crippen molar-refractivity contribution in [3.8, 4) is 0 Å². The molecule has 2 heterocycles. The number of halogens is 3. The molecule has 0 fully saturated rings. The van der Waals surface area contributed by atoms with Crippen LogP contribution in [0.25, 0.3) is 0 Å². The number of anilines is 3. The van der Waals surface area contributed by atoms with Crippen molar-refractivity contribution in [1.29, 1.82) is 0 Å². The molecule has 0 unspecified atom stereocenters. The van der Waals surface area contributed by atoms with Crippen molar-refractivity contribution < 1.29 is 9.53 Å². The van der Waals surface area contributed by atoms with Gasteiger partial charge in [-0.1, -0.05) is 59.1 Å². The number of nitrogens with zero attached hydrogens (tertiary/aromatic N) is 3. The van der Waals surface area contributed by atoms with Gasteiger partial charge in [0.25, 0.3) is 0 Å². The van der Waals surface area contributed by atoms with Gasteiger partial charge < -0.3 is 10.5 Å². The normalized spacial score (nSPS) is 10.0. The van der Waals surface area contributed by atoms with Crippen molar-refractivity contribution in [3.63, 3.8) is 0 Å². The van der Waals surface area contributed by atoms with Gasteiger partial charge in [0, 0.05) is 36.9 Å². The highest BCUT2D eigenvalue weighted by Gasteiger charge is 2.26. The largest absolute Gasteiger partial charge is 0.443 e. The van der Waals surface area contributed by atoms with E-state index in [9.17, 15) is 4.79 Å². The molecule has 0 saturated heterocycles. The highest BCUT2D eigenvalue weighted by molar-refractivity contribution is 8.37. The Morgan fingerprint density at radius 2 is 1.16 bits per heavy atom. The molecule has 4 rings (SSSR count). The van der Waals surface area contributed by atoms with Gasteiger partial charge in [-0.05, 0) is 119 Å². The van der Waals surface area contributed by atoms with Gasteiger partial charge in [0.05, 0.1) is 5.69 Å². The van der Waals surface area contributed by atoms with Gasteiger partial charge in [0.1, 0.15) is 26.9 Å². The molecule has 0 aliphatic heterocycles. The number of carbonyl (C=O) groups excluding carboxylic acids is 1. The third-order valence-corrected chi connectivity index (χ3v) is 5.53.